The number of benzene rings is 1. The second kappa shape index (κ2) is 11.1. The number of nitrogens with zero attached hydrogens (tertiary/aromatic N) is 2. The molecule has 0 bridgehead atoms. The van der Waals surface area contributed by atoms with Crippen LogP contribution in [-0.2, 0) is 0 Å². The number of aliphatic hydroxyl groups is 1. The Bertz CT molecular complexity index is 570. The van der Waals surface area contributed by atoms with Crippen molar-refractivity contribution in [2.75, 3.05) is 32.7 Å². The average Bonchev–Trinajstić information content (AvgIpc) is 3.48. The lowest BCUT2D eigenvalue weighted by atomic mass is 10.1. The summed E-state index contributed by atoms with van der Waals surface area (Å²) in [6.07, 6.45) is 2.17. The van der Waals surface area contributed by atoms with Gasteiger partial charge in [-0.2, -0.15) is 0 Å². The topological polar surface area (TPSA) is 69.1 Å². The normalized spacial score (nSPS) is 15.9. The number of aliphatic hydroxyl groups excluding tert-OH is 1. The zero-order valence-corrected chi connectivity index (χ0v) is 17.2. The summed E-state index contributed by atoms with van der Waals surface area (Å²) in [6.45, 7) is 12.3. The van der Waals surface area contributed by atoms with Crippen molar-refractivity contribution in [1.82, 2.24) is 15.5 Å². The first-order chi connectivity index (χ1) is 13.0. The maximum absolute atomic E-state index is 10.4. The van der Waals surface area contributed by atoms with Crippen molar-refractivity contribution >= 4 is 5.96 Å². The van der Waals surface area contributed by atoms with Crippen LogP contribution in [0.25, 0.3) is 0 Å². The fraction of sp³-hybridized carbons (Fsp3) is 0.667. The molecule has 0 aliphatic heterocycles. The second-order valence-electron chi connectivity index (χ2n) is 7.26. The van der Waals surface area contributed by atoms with E-state index in [1.807, 2.05) is 45.0 Å². The molecule has 1 aromatic carbocycles. The second-order valence-corrected chi connectivity index (χ2v) is 7.26. The Kier molecular flexibility index (Phi) is 8.88. The van der Waals surface area contributed by atoms with E-state index in [9.17, 15) is 5.11 Å². The van der Waals surface area contributed by atoms with Crippen LogP contribution in [0.3, 0.4) is 0 Å². The Morgan fingerprint density at radius 2 is 1.93 bits per heavy atom. The van der Waals surface area contributed by atoms with Crippen LogP contribution in [0.1, 0.15) is 52.2 Å². The number of likely N-dealkylation sites (N-methyl/N-ethyl adjacent to an activating group) is 1. The van der Waals surface area contributed by atoms with Crippen molar-refractivity contribution in [3.8, 4) is 5.75 Å². The van der Waals surface area contributed by atoms with Gasteiger partial charge >= 0.3 is 0 Å². The Hall–Kier alpha value is -1.79. The van der Waals surface area contributed by atoms with Gasteiger partial charge in [0.05, 0.1) is 18.8 Å². The molecule has 1 aromatic rings. The third kappa shape index (κ3) is 7.77. The van der Waals surface area contributed by atoms with E-state index >= 15 is 0 Å². The van der Waals surface area contributed by atoms with Crippen LogP contribution in [0.2, 0.25) is 0 Å². The van der Waals surface area contributed by atoms with E-state index in [1.54, 1.807) is 0 Å². The molecule has 152 valence electrons. The highest BCUT2D eigenvalue weighted by Gasteiger charge is 2.27. The van der Waals surface area contributed by atoms with Crippen molar-refractivity contribution in [2.45, 2.75) is 58.8 Å². The van der Waals surface area contributed by atoms with Crippen LogP contribution in [0.5, 0.6) is 5.75 Å². The van der Waals surface area contributed by atoms with Crippen molar-refractivity contribution in [3.63, 3.8) is 0 Å². The van der Waals surface area contributed by atoms with Gasteiger partial charge in [0.25, 0.3) is 0 Å². The number of hydrogen-bond acceptors (Lipinski definition) is 4. The number of hydrogen-bond donors (Lipinski definition) is 3. The molecule has 1 saturated carbocycles. The van der Waals surface area contributed by atoms with Crippen molar-refractivity contribution < 1.29 is 9.84 Å². The van der Waals surface area contributed by atoms with E-state index in [0.717, 1.165) is 49.5 Å². The van der Waals surface area contributed by atoms with E-state index in [2.05, 4.69) is 27.4 Å². The SMILES string of the molecule is CCNC(=NCC(O)c1ccc(OC(C)C)cc1)NCCN(CC)C1CC1. The first-order valence-corrected chi connectivity index (χ1v) is 10.2. The molecule has 1 aliphatic carbocycles. The molecule has 0 aromatic heterocycles. The molecule has 6 nitrogen and oxygen atoms in total. The van der Waals surface area contributed by atoms with Gasteiger partial charge in [0, 0.05) is 25.7 Å². The highest BCUT2D eigenvalue weighted by Crippen LogP contribution is 2.25. The molecule has 6 heteroatoms. The van der Waals surface area contributed by atoms with Gasteiger partial charge in [-0.05, 0) is 57.9 Å². The first-order valence-electron chi connectivity index (χ1n) is 10.2. The summed E-state index contributed by atoms with van der Waals surface area (Å²) < 4.78 is 5.64. The van der Waals surface area contributed by atoms with Gasteiger partial charge in [-0.3, -0.25) is 9.89 Å². The molecule has 3 N–H and O–H groups in total. The van der Waals surface area contributed by atoms with Crippen molar-refractivity contribution in [1.29, 1.82) is 0 Å². The number of aliphatic imine (C=N–C) groups is 1. The minimum Gasteiger partial charge on any atom is -0.491 e. The van der Waals surface area contributed by atoms with Crippen LogP contribution in [0.15, 0.2) is 29.3 Å². The molecule has 0 radical (unpaired) electrons. The lowest BCUT2D eigenvalue weighted by molar-refractivity contribution is 0.186. The van der Waals surface area contributed by atoms with Crippen LogP contribution in [0.4, 0.5) is 0 Å². The molecule has 0 heterocycles. The predicted molar refractivity (Wildman–Crippen MR) is 111 cm³/mol. The summed E-state index contributed by atoms with van der Waals surface area (Å²) in [5.74, 6) is 1.57. The van der Waals surface area contributed by atoms with Gasteiger partial charge in [-0.25, -0.2) is 0 Å². The predicted octanol–water partition coefficient (Wildman–Crippen LogP) is 2.55. The van der Waals surface area contributed by atoms with Crippen LogP contribution < -0.4 is 15.4 Å². The molecule has 0 spiro atoms. The van der Waals surface area contributed by atoms with E-state index in [4.69, 9.17) is 4.74 Å². The highest BCUT2D eigenvalue weighted by atomic mass is 16.5. The maximum atomic E-state index is 10.4. The largest absolute Gasteiger partial charge is 0.491 e. The van der Waals surface area contributed by atoms with E-state index < -0.39 is 6.10 Å². The summed E-state index contributed by atoms with van der Waals surface area (Å²) in [7, 11) is 0. The Morgan fingerprint density at radius 3 is 2.48 bits per heavy atom. The minimum absolute atomic E-state index is 0.141. The summed E-state index contributed by atoms with van der Waals surface area (Å²) in [5.41, 5.74) is 0.844. The molecule has 1 aliphatic rings. The monoisotopic (exact) mass is 376 g/mol. The Morgan fingerprint density at radius 1 is 1.22 bits per heavy atom. The van der Waals surface area contributed by atoms with Gasteiger partial charge in [0.2, 0.25) is 0 Å². The van der Waals surface area contributed by atoms with Gasteiger partial charge in [0.1, 0.15) is 5.75 Å². The zero-order chi connectivity index (χ0) is 19.6. The Labute approximate surface area is 164 Å². The maximum Gasteiger partial charge on any atom is 0.191 e. The highest BCUT2D eigenvalue weighted by molar-refractivity contribution is 5.79. The number of guanidine groups is 1. The molecular weight excluding hydrogens is 340 g/mol. The van der Waals surface area contributed by atoms with Crippen molar-refractivity contribution in [2.24, 2.45) is 4.99 Å². The number of rotatable bonds is 11. The van der Waals surface area contributed by atoms with Gasteiger partial charge in [-0.1, -0.05) is 19.1 Å². The molecule has 1 fully saturated rings. The lowest BCUT2D eigenvalue weighted by Crippen LogP contribution is -2.42. The van der Waals surface area contributed by atoms with Gasteiger partial charge in [-0.15, -0.1) is 0 Å². The number of nitrogens with one attached hydrogen (secondary N) is 2. The van der Waals surface area contributed by atoms with E-state index in [-0.39, 0.29) is 6.10 Å². The van der Waals surface area contributed by atoms with Crippen molar-refractivity contribution in [3.05, 3.63) is 29.8 Å². The van der Waals surface area contributed by atoms with Crippen LogP contribution in [0, 0.1) is 0 Å². The zero-order valence-electron chi connectivity index (χ0n) is 17.2. The Balaban J connectivity index is 1.83. The fourth-order valence-corrected chi connectivity index (χ4v) is 3.02. The van der Waals surface area contributed by atoms with Gasteiger partial charge < -0.3 is 20.5 Å². The first kappa shape index (κ1) is 21.5. The van der Waals surface area contributed by atoms with E-state index in [1.165, 1.54) is 12.8 Å². The third-order valence-corrected chi connectivity index (χ3v) is 4.56. The lowest BCUT2D eigenvalue weighted by Gasteiger charge is -2.21. The van der Waals surface area contributed by atoms with Crippen LogP contribution >= 0.6 is 0 Å². The smallest absolute Gasteiger partial charge is 0.191 e. The molecular formula is C21H36N4O2. The number of ether oxygens (including phenoxy) is 1. The standard InChI is InChI=1S/C21H36N4O2/c1-5-22-21(23-13-14-25(6-2)18-9-10-18)24-15-20(26)17-7-11-19(12-8-17)27-16(3)4/h7-8,11-12,16,18,20,26H,5-6,9-10,13-15H2,1-4H3,(H2,22,23,24). The molecule has 0 amide bonds. The van der Waals surface area contributed by atoms with Gasteiger partial charge in [0.15, 0.2) is 5.96 Å². The quantitative estimate of drug-likeness (QED) is 0.409. The molecule has 0 saturated heterocycles. The minimum atomic E-state index is -0.632. The molecule has 27 heavy (non-hydrogen) atoms. The third-order valence-electron chi connectivity index (χ3n) is 4.56. The summed E-state index contributed by atoms with van der Waals surface area (Å²) in [6, 6.07) is 8.35. The molecule has 1 atom stereocenters. The fourth-order valence-electron chi connectivity index (χ4n) is 3.02. The molecule has 2 rings (SSSR count). The molecule has 1 unspecified atom stereocenters. The summed E-state index contributed by atoms with van der Waals surface area (Å²) in [5, 5.41) is 17.0. The average molecular weight is 377 g/mol. The van der Waals surface area contributed by atoms with Crippen LogP contribution in [-0.4, -0.2) is 60.8 Å². The summed E-state index contributed by atoms with van der Waals surface area (Å²) >= 11 is 0. The van der Waals surface area contributed by atoms with E-state index in [0.29, 0.717) is 6.54 Å². The summed E-state index contributed by atoms with van der Waals surface area (Å²) in [4.78, 5) is 7.04.